The van der Waals surface area contributed by atoms with Crippen LogP contribution in [0.3, 0.4) is 0 Å². The van der Waals surface area contributed by atoms with Crippen LogP contribution >= 0.6 is 0 Å². The Balaban J connectivity index is 2.39. The van der Waals surface area contributed by atoms with Crippen molar-refractivity contribution in [2.24, 2.45) is 0 Å². The second-order valence-electron chi connectivity index (χ2n) is 5.07. The number of nitriles is 1. The van der Waals surface area contributed by atoms with Crippen LogP contribution in [0, 0.1) is 11.3 Å². The van der Waals surface area contributed by atoms with Crippen molar-refractivity contribution in [2.75, 3.05) is 0 Å². The summed E-state index contributed by atoms with van der Waals surface area (Å²) < 4.78 is 2.02. The van der Waals surface area contributed by atoms with Crippen molar-refractivity contribution in [1.82, 2.24) is 9.55 Å². The van der Waals surface area contributed by atoms with Gasteiger partial charge >= 0.3 is 0 Å². The topological polar surface area (TPSA) is 61.8 Å². The summed E-state index contributed by atoms with van der Waals surface area (Å²) in [5.74, 6) is 0.767. The second kappa shape index (κ2) is 4.79. The van der Waals surface area contributed by atoms with Gasteiger partial charge in [0.2, 0.25) is 0 Å². The van der Waals surface area contributed by atoms with Crippen LogP contribution in [0.5, 0.6) is 0 Å². The molecule has 0 amide bonds. The lowest BCUT2D eigenvalue weighted by Gasteiger charge is -2.18. The molecule has 0 aliphatic carbocycles. The Bertz CT molecular complexity index is 587. The van der Waals surface area contributed by atoms with Crippen molar-refractivity contribution in [1.29, 1.82) is 5.26 Å². The van der Waals surface area contributed by atoms with Crippen LogP contribution < -0.4 is 0 Å². The number of para-hydroxylation sites is 2. The van der Waals surface area contributed by atoms with Crippen LogP contribution in [0.1, 0.15) is 26.1 Å². The quantitative estimate of drug-likeness (QED) is 0.896. The lowest BCUT2D eigenvalue weighted by atomic mass is 10.1. The SMILES string of the molecule is CC(C)(O)CCn1c(CC#N)nc2ccccc21. The highest BCUT2D eigenvalue weighted by Crippen LogP contribution is 2.19. The molecule has 2 aromatic rings. The molecule has 4 heteroatoms. The van der Waals surface area contributed by atoms with E-state index in [1.807, 2.05) is 28.8 Å². The maximum absolute atomic E-state index is 9.81. The molecule has 0 bridgehead atoms. The van der Waals surface area contributed by atoms with E-state index in [2.05, 4.69) is 11.1 Å². The van der Waals surface area contributed by atoms with E-state index in [0.29, 0.717) is 19.4 Å². The lowest BCUT2D eigenvalue weighted by molar-refractivity contribution is 0.0664. The summed E-state index contributed by atoms with van der Waals surface area (Å²) in [5, 5.41) is 18.7. The van der Waals surface area contributed by atoms with Crippen LogP contribution in [0.4, 0.5) is 0 Å². The Kier molecular flexibility index (Phi) is 3.35. The lowest BCUT2D eigenvalue weighted by Crippen LogP contribution is -2.21. The van der Waals surface area contributed by atoms with Crippen molar-refractivity contribution >= 4 is 11.0 Å². The molecule has 0 unspecified atom stereocenters. The predicted molar refractivity (Wildman–Crippen MR) is 70.0 cm³/mol. The number of benzene rings is 1. The third-order valence-electron chi connectivity index (χ3n) is 2.92. The molecule has 94 valence electrons. The summed E-state index contributed by atoms with van der Waals surface area (Å²) >= 11 is 0. The molecule has 1 heterocycles. The largest absolute Gasteiger partial charge is 0.390 e. The highest BCUT2D eigenvalue weighted by atomic mass is 16.3. The van der Waals surface area contributed by atoms with E-state index in [0.717, 1.165) is 16.9 Å². The fourth-order valence-electron chi connectivity index (χ4n) is 1.97. The fourth-order valence-corrected chi connectivity index (χ4v) is 1.97. The van der Waals surface area contributed by atoms with Gasteiger partial charge in [0.05, 0.1) is 29.1 Å². The molecule has 0 radical (unpaired) electrons. The highest BCUT2D eigenvalue weighted by Gasteiger charge is 2.15. The molecular formula is C14H17N3O. The number of nitrogens with zero attached hydrogens (tertiary/aromatic N) is 3. The van der Waals surface area contributed by atoms with Crippen molar-refractivity contribution in [2.45, 2.75) is 38.8 Å². The predicted octanol–water partition coefficient (Wildman–Crippen LogP) is 2.26. The first-order chi connectivity index (χ1) is 8.51. The van der Waals surface area contributed by atoms with Crippen LogP contribution in [-0.4, -0.2) is 20.3 Å². The fraction of sp³-hybridized carbons (Fsp3) is 0.429. The van der Waals surface area contributed by atoms with E-state index in [-0.39, 0.29) is 0 Å². The van der Waals surface area contributed by atoms with Gasteiger partial charge in [0.15, 0.2) is 0 Å². The first kappa shape index (κ1) is 12.6. The molecule has 1 N–H and O–H groups in total. The van der Waals surface area contributed by atoms with Crippen molar-refractivity contribution in [3.63, 3.8) is 0 Å². The van der Waals surface area contributed by atoms with Gasteiger partial charge in [0, 0.05) is 6.54 Å². The molecule has 0 saturated heterocycles. The first-order valence-corrected chi connectivity index (χ1v) is 6.05. The molecule has 0 saturated carbocycles. The maximum atomic E-state index is 9.81. The van der Waals surface area contributed by atoms with Gasteiger partial charge in [-0.05, 0) is 32.4 Å². The number of fused-ring (bicyclic) bond motifs is 1. The van der Waals surface area contributed by atoms with E-state index >= 15 is 0 Å². The minimum Gasteiger partial charge on any atom is -0.390 e. The number of rotatable bonds is 4. The van der Waals surface area contributed by atoms with Gasteiger partial charge < -0.3 is 9.67 Å². The minimum absolute atomic E-state index is 0.292. The van der Waals surface area contributed by atoms with Gasteiger partial charge in [0.1, 0.15) is 5.82 Å². The van der Waals surface area contributed by atoms with E-state index in [4.69, 9.17) is 5.26 Å². The molecular weight excluding hydrogens is 226 g/mol. The molecule has 1 aromatic carbocycles. The third-order valence-corrected chi connectivity index (χ3v) is 2.92. The van der Waals surface area contributed by atoms with Gasteiger partial charge in [-0.15, -0.1) is 0 Å². The smallest absolute Gasteiger partial charge is 0.124 e. The van der Waals surface area contributed by atoms with E-state index in [1.54, 1.807) is 13.8 Å². The molecule has 0 aliphatic heterocycles. The zero-order valence-corrected chi connectivity index (χ0v) is 10.7. The van der Waals surface area contributed by atoms with Gasteiger partial charge in [-0.2, -0.15) is 5.26 Å². The average Bonchev–Trinajstić information content (AvgIpc) is 2.63. The average molecular weight is 243 g/mol. The van der Waals surface area contributed by atoms with Crippen LogP contribution in [0.15, 0.2) is 24.3 Å². The van der Waals surface area contributed by atoms with Crippen molar-refractivity contribution in [3.05, 3.63) is 30.1 Å². The molecule has 0 fully saturated rings. The normalized spacial score (nSPS) is 11.7. The summed E-state index contributed by atoms with van der Waals surface area (Å²) in [6, 6.07) is 9.97. The number of hydrogen-bond donors (Lipinski definition) is 1. The van der Waals surface area contributed by atoms with Crippen molar-refractivity contribution in [3.8, 4) is 6.07 Å². The molecule has 0 atom stereocenters. The summed E-state index contributed by atoms with van der Waals surface area (Å²) in [6.07, 6.45) is 0.923. The number of aromatic nitrogens is 2. The molecule has 4 nitrogen and oxygen atoms in total. The van der Waals surface area contributed by atoms with E-state index in [1.165, 1.54) is 0 Å². The Labute approximate surface area is 106 Å². The molecule has 0 aliphatic rings. The van der Waals surface area contributed by atoms with Crippen LogP contribution in [-0.2, 0) is 13.0 Å². The minimum atomic E-state index is -0.713. The van der Waals surface area contributed by atoms with Gasteiger partial charge in [-0.3, -0.25) is 0 Å². The zero-order chi connectivity index (χ0) is 13.2. The van der Waals surface area contributed by atoms with Crippen molar-refractivity contribution < 1.29 is 5.11 Å². The number of aryl methyl sites for hydroxylation is 1. The second-order valence-corrected chi connectivity index (χ2v) is 5.07. The van der Waals surface area contributed by atoms with Crippen LogP contribution in [0.2, 0.25) is 0 Å². The molecule has 0 spiro atoms. The summed E-state index contributed by atoms with van der Waals surface area (Å²) in [5.41, 5.74) is 1.21. The first-order valence-electron chi connectivity index (χ1n) is 6.05. The Morgan fingerprint density at radius 1 is 1.39 bits per heavy atom. The number of aliphatic hydroxyl groups is 1. The number of hydrogen-bond acceptors (Lipinski definition) is 3. The summed E-state index contributed by atoms with van der Waals surface area (Å²) in [6.45, 7) is 4.24. The standard InChI is InChI=1S/C14H17N3O/c1-14(2,18)8-10-17-12-6-4-3-5-11(12)16-13(17)7-9-15/h3-6,18H,7-8,10H2,1-2H3. The van der Waals surface area contributed by atoms with Gasteiger partial charge in [0.25, 0.3) is 0 Å². The Morgan fingerprint density at radius 2 is 2.11 bits per heavy atom. The summed E-state index contributed by atoms with van der Waals surface area (Å²) in [4.78, 5) is 4.46. The zero-order valence-electron chi connectivity index (χ0n) is 10.7. The summed E-state index contributed by atoms with van der Waals surface area (Å²) in [7, 11) is 0. The van der Waals surface area contributed by atoms with Crippen LogP contribution in [0.25, 0.3) is 11.0 Å². The number of imidazole rings is 1. The molecule has 18 heavy (non-hydrogen) atoms. The van der Waals surface area contributed by atoms with Gasteiger partial charge in [-0.1, -0.05) is 12.1 Å². The monoisotopic (exact) mass is 243 g/mol. The Morgan fingerprint density at radius 3 is 2.78 bits per heavy atom. The Hall–Kier alpha value is -1.86. The van der Waals surface area contributed by atoms with Gasteiger partial charge in [-0.25, -0.2) is 4.98 Å². The van der Waals surface area contributed by atoms with E-state index < -0.39 is 5.60 Å². The molecule has 1 aromatic heterocycles. The highest BCUT2D eigenvalue weighted by molar-refractivity contribution is 5.75. The third kappa shape index (κ3) is 2.69. The molecule has 2 rings (SSSR count). The maximum Gasteiger partial charge on any atom is 0.124 e. The van der Waals surface area contributed by atoms with E-state index in [9.17, 15) is 5.11 Å².